The minimum Gasteiger partial charge on any atom is -0.490 e. The SMILES string of the molecule is CCc1ccc(Cc2cnc(NC(=O)c3ccccc3OC(C)C)s2)cc1. The molecule has 0 saturated heterocycles. The number of carbonyl (C=O) groups excluding carboxylic acids is 1. The Morgan fingerprint density at radius 1 is 1.11 bits per heavy atom. The van der Waals surface area contributed by atoms with Gasteiger partial charge in [-0.25, -0.2) is 4.98 Å². The molecule has 0 atom stereocenters. The maximum Gasteiger partial charge on any atom is 0.261 e. The molecule has 0 aliphatic carbocycles. The highest BCUT2D eigenvalue weighted by atomic mass is 32.1. The standard InChI is InChI=1S/C22H24N2O2S/c1-4-16-9-11-17(12-10-16)13-18-14-23-22(27-18)24-21(25)19-7-5-6-8-20(19)26-15(2)3/h5-12,14-15H,4,13H2,1-3H3,(H,23,24,25). The number of amides is 1. The summed E-state index contributed by atoms with van der Waals surface area (Å²) < 4.78 is 5.73. The molecule has 0 aliphatic heterocycles. The number of para-hydroxylation sites is 1. The highest BCUT2D eigenvalue weighted by molar-refractivity contribution is 7.15. The summed E-state index contributed by atoms with van der Waals surface area (Å²) in [5, 5.41) is 3.48. The molecule has 0 spiro atoms. The minimum absolute atomic E-state index is 0.00418. The van der Waals surface area contributed by atoms with Gasteiger partial charge in [-0.1, -0.05) is 43.3 Å². The predicted molar refractivity (Wildman–Crippen MR) is 111 cm³/mol. The van der Waals surface area contributed by atoms with Crippen molar-refractivity contribution in [2.45, 2.75) is 39.7 Å². The van der Waals surface area contributed by atoms with Crippen molar-refractivity contribution >= 4 is 22.4 Å². The van der Waals surface area contributed by atoms with Crippen molar-refractivity contribution in [2.24, 2.45) is 0 Å². The summed E-state index contributed by atoms with van der Waals surface area (Å²) in [6.45, 7) is 6.03. The fraction of sp³-hybridized carbons (Fsp3) is 0.273. The number of aryl methyl sites for hydroxylation is 1. The van der Waals surface area contributed by atoms with Crippen LogP contribution in [-0.4, -0.2) is 17.0 Å². The zero-order valence-corrected chi connectivity index (χ0v) is 16.7. The van der Waals surface area contributed by atoms with Crippen molar-refractivity contribution in [1.82, 2.24) is 4.98 Å². The van der Waals surface area contributed by atoms with Crippen LogP contribution in [0.25, 0.3) is 0 Å². The molecule has 0 aliphatic rings. The van der Waals surface area contributed by atoms with Crippen LogP contribution >= 0.6 is 11.3 Å². The molecule has 140 valence electrons. The van der Waals surface area contributed by atoms with Gasteiger partial charge in [0.15, 0.2) is 5.13 Å². The third kappa shape index (κ3) is 5.17. The van der Waals surface area contributed by atoms with E-state index < -0.39 is 0 Å². The molecular formula is C22H24N2O2S. The van der Waals surface area contributed by atoms with Crippen molar-refractivity contribution in [2.75, 3.05) is 5.32 Å². The first kappa shape index (κ1) is 19.1. The lowest BCUT2D eigenvalue weighted by Gasteiger charge is -2.13. The van der Waals surface area contributed by atoms with Crippen molar-refractivity contribution in [3.63, 3.8) is 0 Å². The van der Waals surface area contributed by atoms with E-state index in [-0.39, 0.29) is 12.0 Å². The molecule has 1 aromatic heterocycles. The fourth-order valence-electron chi connectivity index (χ4n) is 2.72. The molecule has 27 heavy (non-hydrogen) atoms. The van der Waals surface area contributed by atoms with E-state index in [4.69, 9.17) is 4.74 Å². The Balaban J connectivity index is 1.67. The molecule has 1 N–H and O–H groups in total. The Labute approximate surface area is 164 Å². The lowest BCUT2D eigenvalue weighted by molar-refractivity contribution is 0.102. The van der Waals surface area contributed by atoms with E-state index in [1.807, 2.05) is 38.2 Å². The normalized spacial score (nSPS) is 10.8. The summed E-state index contributed by atoms with van der Waals surface area (Å²) in [6.07, 6.45) is 3.68. The van der Waals surface area contributed by atoms with E-state index in [1.165, 1.54) is 22.5 Å². The van der Waals surface area contributed by atoms with Crippen LogP contribution in [0.4, 0.5) is 5.13 Å². The van der Waals surface area contributed by atoms with E-state index >= 15 is 0 Å². The van der Waals surface area contributed by atoms with Crippen molar-refractivity contribution in [1.29, 1.82) is 0 Å². The molecule has 0 bridgehead atoms. The highest BCUT2D eigenvalue weighted by Crippen LogP contribution is 2.24. The van der Waals surface area contributed by atoms with E-state index in [0.29, 0.717) is 16.4 Å². The van der Waals surface area contributed by atoms with Crippen molar-refractivity contribution < 1.29 is 9.53 Å². The Kier molecular flexibility index (Phi) is 6.24. The van der Waals surface area contributed by atoms with Crippen LogP contribution in [0.1, 0.15) is 47.1 Å². The first-order chi connectivity index (χ1) is 13.0. The van der Waals surface area contributed by atoms with Gasteiger partial charge in [0.25, 0.3) is 5.91 Å². The van der Waals surface area contributed by atoms with Gasteiger partial charge in [0, 0.05) is 17.5 Å². The number of nitrogens with zero attached hydrogens (tertiary/aromatic N) is 1. The minimum atomic E-state index is -0.209. The number of hydrogen-bond acceptors (Lipinski definition) is 4. The molecule has 1 heterocycles. The van der Waals surface area contributed by atoms with Crippen LogP contribution in [0.3, 0.4) is 0 Å². The second-order valence-electron chi connectivity index (χ2n) is 6.60. The number of thiazole rings is 1. The molecule has 0 radical (unpaired) electrons. The number of hydrogen-bond donors (Lipinski definition) is 1. The van der Waals surface area contributed by atoms with Gasteiger partial charge < -0.3 is 4.74 Å². The maximum absolute atomic E-state index is 12.6. The Bertz CT molecular complexity index is 901. The Hall–Kier alpha value is -2.66. The summed E-state index contributed by atoms with van der Waals surface area (Å²) in [4.78, 5) is 18.1. The number of rotatable bonds is 7. The molecule has 4 nitrogen and oxygen atoms in total. The zero-order valence-electron chi connectivity index (χ0n) is 15.9. The zero-order chi connectivity index (χ0) is 19.2. The van der Waals surface area contributed by atoms with Gasteiger partial charge in [-0.05, 0) is 43.5 Å². The van der Waals surface area contributed by atoms with Gasteiger partial charge >= 0.3 is 0 Å². The fourth-order valence-corrected chi connectivity index (χ4v) is 3.56. The first-order valence-electron chi connectivity index (χ1n) is 9.14. The van der Waals surface area contributed by atoms with Gasteiger partial charge in [-0.15, -0.1) is 11.3 Å². The highest BCUT2D eigenvalue weighted by Gasteiger charge is 2.15. The van der Waals surface area contributed by atoms with Gasteiger partial charge in [0.2, 0.25) is 0 Å². The summed E-state index contributed by atoms with van der Waals surface area (Å²) in [7, 11) is 0. The van der Waals surface area contributed by atoms with E-state index in [2.05, 4.69) is 41.5 Å². The molecule has 0 unspecified atom stereocenters. The van der Waals surface area contributed by atoms with Gasteiger partial charge in [0.1, 0.15) is 5.75 Å². The second-order valence-corrected chi connectivity index (χ2v) is 7.71. The number of anilines is 1. The molecule has 5 heteroatoms. The predicted octanol–water partition coefficient (Wildman–Crippen LogP) is 5.34. The van der Waals surface area contributed by atoms with E-state index in [1.54, 1.807) is 6.07 Å². The van der Waals surface area contributed by atoms with Gasteiger partial charge in [0.05, 0.1) is 11.7 Å². The number of aromatic nitrogens is 1. The average Bonchev–Trinajstić information content (AvgIpc) is 3.09. The average molecular weight is 381 g/mol. The molecule has 2 aromatic carbocycles. The van der Waals surface area contributed by atoms with Gasteiger partial charge in [-0.3, -0.25) is 10.1 Å². The largest absolute Gasteiger partial charge is 0.490 e. The summed E-state index contributed by atoms with van der Waals surface area (Å²) in [5.41, 5.74) is 3.08. The maximum atomic E-state index is 12.6. The number of ether oxygens (including phenoxy) is 1. The van der Waals surface area contributed by atoms with Gasteiger partial charge in [-0.2, -0.15) is 0 Å². The molecule has 3 aromatic rings. The molecule has 0 saturated carbocycles. The quantitative estimate of drug-likeness (QED) is 0.602. The Morgan fingerprint density at radius 3 is 2.52 bits per heavy atom. The van der Waals surface area contributed by atoms with E-state index in [0.717, 1.165) is 17.7 Å². The lowest BCUT2D eigenvalue weighted by atomic mass is 10.1. The van der Waals surface area contributed by atoms with Crippen molar-refractivity contribution in [3.05, 3.63) is 76.3 Å². The molecule has 3 rings (SSSR count). The third-order valence-electron chi connectivity index (χ3n) is 4.08. The van der Waals surface area contributed by atoms with E-state index in [9.17, 15) is 4.79 Å². The third-order valence-corrected chi connectivity index (χ3v) is 4.99. The summed E-state index contributed by atoms with van der Waals surface area (Å²) >= 11 is 1.50. The van der Waals surface area contributed by atoms with Crippen LogP contribution < -0.4 is 10.1 Å². The second kappa shape index (κ2) is 8.82. The monoisotopic (exact) mass is 380 g/mol. The first-order valence-corrected chi connectivity index (χ1v) is 9.96. The molecule has 0 fully saturated rings. The van der Waals surface area contributed by atoms with Crippen LogP contribution in [-0.2, 0) is 12.8 Å². The van der Waals surface area contributed by atoms with Crippen LogP contribution in [0.2, 0.25) is 0 Å². The Morgan fingerprint density at radius 2 is 1.81 bits per heavy atom. The summed E-state index contributed by atoms with van der Waals surface area (Å²) in [6, 6.07) is 15.9. The molecular weight excluding hydrogens is 356 g/mol. The summed E-state index contributed by atoms with van der Waals surface area (Å²) in [5.74, 6) is 0.372. The topological polar surface area (TPSA) is 51.2 Å². The van der Waals surface area contributed by atoms with Crippen molar-refractivity contribution in [3.8, 4) is 5.75 Å². The van der Waals surface area contributed by atoms with Crippen LogP contribution in [0.5, 0.6) is 5.75 Å². The number of benzene rings is 2. The number of nitrogens with one attached hydrogen (secondary N) is 1. The van der Waals surface area contributed by atoms with Crippen LogP contribution in [0, 0.1) is 0 Å². The van der Waals surface area contributed by atoms with Crippen LogP contribution in [0.15, 0.2) is 54.7 Å². The molecule has 1 amide bonds. The lowest BCUT2D eigenvalue weighted by Crippen LogP contribution is -2.15. The smallest absolute Gasteiger partial charge is 0.261 e. The number of carbonyl (C=O) groups is 1.